The Morgan fingerprint density at radius 2 is 1.77 bits per heavy atom. The summed E-state index contributed by atoms with van der Waals surface area (Å²) in [6, 6.07) is 18.8. The lowest BCUT2D eigenvalue weighted by Crippen LogP contribution is -2.19. The van der Waals surface area contributed by atoms with E-state index in [4.69, 9.17) is 0 Å². The fourth-order valence-corrected chi connectivity index (χ4v) is 2.32. The number of aliphatic imine (C=N–C) groups is 1. The summed E-state index contributed by atoms with van der Waals surface area (Å²) in [5.41, 5.74) is 3.54. The largest absolute Gasteiger partial charge is 0.368 e. The zero-order chi connectivity index (χ0) is 14.3. The molecule has 0 radical (unpaired) electrons. The molecular formula is C19H19ClN2. The lowest BCUT2D eigenvalue weighted by atomic mass is 10.1. The Hall–Kier alpha value is -2.24. The fraction of sp³-hybridized carbons (Fsp3) is 0.211. The molecule has 0 bridgehead atoms. The van der Waals surface area contributed by atoms with Gasteiger partial charge in [0.2, 0.25) is 0 Å². The van der Waals surface area contributed by atoms with Gasteiger partial charge >= 0.3 is 0 Å². The Labute approximate surface area is 138 Å². The molecule has 22 heavy (non-hydrogen) atoms. The summed E-state index contributed by atoms with van der Waals surface area (Å²) >= 11 is 0. The summed E-state index contributed by atoms with van der Waals surface area (Å²) in [7, 11) is 0. The number of benzene rings is 2. The normalized spacial score (nSPS) is 12.5. The van der Waals surface area contributed by atoms with E-state index < -0.39 is 0 Å². The third-order valence-corrected chi connectivity index (χ3v) is 3.45. The highest BCUT2D eigenvalue weighted by molar-refractivity contribution is 5.99. The Morgan fingerprint density at radius 1 is 1.00 bits per heavy atom. The molecule has 3 heteroatoms. The summed E-state index contributed by atoms with van der Waals surface area (Å²) in [6.07, 6.45) is 1.90. The van der Waals surface area contributed by atoms with Crippen molar-refractivity contribution < 1.29 is 0 Å². The molecule has 0 saturated carbocycles. The van der Waals surface area contributed by atoms with Gasteiger partial charge in [0.15, 0.2) is 0 Å². The van der Waals surface area contributed by atoms with Crippen LogP contribution in [-0.2, 0) is 6.42 Å². The second-order valence-electron chi connectivity index (χ2n) is 5.02. The molecule has 1 aliphatic heterocycles. The third-order valence-electron chi connectivity index (χ3n) is 3.45. The van der Waals surface area contributed by atoms with E-state index in [2.05, 4.69) is 70.7 Å². The smallest absolute Gasteiger partial charge is 0.128 e. The molecule has 0 atom stereocenters. The van der Waals surface area contributed by atoms with Crippen molar-refractivity contribution >= 4 is 18.2 Å². The maximum absolute atomic E-state index is 4.41. The monoisotopic (exact) mass is 310 g/mol. The van der Waals surface area contributed by atoms with E-state index in [9.17, 15) is 0 Å². The van der Waals surface area contributed by atoms with Crippen LogP contribution in [-0.4, -0.2) is 18.9 Å². The number of hydrogen-bond acceptors (Lipinski definition) is 2. The maximum atomic E-state index is 4.41. The van der Waals surface area contributed by atoms with E-state index in [0.29, 0.717) is 0 Å². The number of hydrogen-bond donors (Lipinski definition) is 1. The van der Waals surface area contributed by atoms with Gasteiger partial charge in [-0.2, -0.15) is 0 Å². The molecule has 1 N–H and O–H groups in total. The van der Waals surface area contributed by atoms with Gasteiger partial charge in [-0.15, -0.1) is 12.4 Å². The molecule has 1 aliphatic rings. The molecule has 0 aliphatic carbocycles. The third kappa shape index (κ3) is 4.38. The Kier molecular flexibility index (Phi) is 6.06. The van der Waals surface area contributed by atoms with Crippen molar-refractivity contribution in [1.29, 1.82) is 0 Å². The van der Waals surface area contributed by atoms with Crippen molar-refractivity contribution in [2.45, 2.75) is 12.8 Å². The number of nitrogens with one attached hydrogen (secondary N) is 1. The Balaban J connectivity index is 0.00000176. The van der Waals surface area contributed by atoms with Crippen molar-refractivity contribution in [3.8, 4) is 11.8 Å². The standard InChI is InChI=1S/C19H18N2.ClH/c1-2-6-16(7-3-1)8-4-5-9-17-10-12-18(13-11-17)19-20-14-15-21-19;/h1-3,6-7,10-13H,4,8,14-15H2,(H,20,21);1H. The number of nitrogens with zero attached hydrogens (tertiary/aromatic N) is 1. The van der Waals surface area contributed by atoms with Crippen LogP contribution in [0.1, 0.15) is 23.1 Å². The number of aryl methyl sites for hydroxylation is 1. The highest BCUT2D eigenvalue weighted by Crippen LogP contribution is 2.06. The van der Waals surface area contributed by atoms with Crippen LogP contribution in [0.4, 0.5) is 0 Å². The summed E-state index contributed by atoms with van der Waals surface area (Å²) in [4.78, 5) is 4.41. The molecule has 0 saturated heterocycles. The van der Waals surface area contributed by atoms with Gasteiger partial charge in [-0.3, -0.25) is 4.99 Å². The minimum atomic E-state index is 0. The molecule has 0 amide bonds. The highest BCUT2D eigenvalue weighted by Gasteiger charge is 2.06. The molecule has 2 aromatic rings. The topological polar surface area (TPSA) is 24.4 Å². The molecule has 2 nitrogen and oxygen atoms in total. The van der Waals surface area contributed by atoms with Gasteiger partial charge in [0.05, 0.1) is 6.54 Å². The first kappa shape index (κ1) is 16.1. The number of rotatable bonds is 3. The average Bonchev–Trinajstić information content (AvgIpc) is 3.08. The van der Waals surface area contributed by atoms with Crippen molar-refractivity contribution in [2.75, 3.05) is 13.1 Å². The van der Waals surface area contributed by atoms with Gasteiger partial charge in [0.1, 0.15) is 5.84 Å². The summed E-state index contributed by atoms with van der Waals surface area (Å²) in [5, 5.41) is 3.28. The van der Waals surface area contributed by atoms with E-state index in [-0.39, 0.29) is 12.4 Å². The first-order chi connectivity index (χ1) is 10.4. The van der Waals surface area contributed by atoms with Gasteiger partial charge in [-0.25, -0.2) is 0 Å². The molecule has 0 aromatic heterocycles. The van der Waals surface area contributed by atoms with Crippen molar-refractivity contribution in [3.05, 3.63) is 71.3 Å². The second-order valence-corrected chi connectivity index (χ2v) is 5.02. The van der Waals surface area contributed by atoms with E-state index in [0.717, 1.165) is 42.9 Å². The zero-order valence-electron chi connectivity index (χ0n) is 12.4. The van der Waals surface area contributed by atoms with Crippen LogP contribution in [0.15, 0.2) is 59.6 Å². The molecular weight excluding hydrogens is 292 g/mol. The number of amidine groups is 1. The van der Waals surface area contributed by atoms with E-state index in [1.165, 1.54) is 5.56 Å². The predicted molar refractivity (Wildman–Crippen MR) is 94.7 cm³/mol. The van der Waals surface area contributed by atoms with Crippen LogP contribution in [0.5, 0.6) is 0 Å². The van der Waals surface area contributed by atoms with Crippen molar-refractivity contribution in [1.82, 2.24) is 5.32 Å². The molecule has 0 spiro atoms. The highest BCUT2D eigenvalue weighted by atomic mass is 35.5. The summed E-state index contributed by atoms with van der Waals surface area (Å²) in [6.45, 7) is 1.81. The zero-order valence-corrected chi connectivity index (χ0v) is 13.2. The van der Waals surface area contributed by atoms with Crippen molar-refractivity contribution in [3.63, 3.8) is 0 Å². The molecule has 112 valence electrons. The lowest BCUT2D eigenvalue weighted by Gasteiger charge is -2.01. The van der Waals surface area contributed by atoms with Crippen LogP contribution in [0, 0.1) is 11.8 Å². The first-order valence-electron chi connectivity index (χ1n) is 7.33. The summed E-state index contributed by atoms with van der Waals surface area (Å²) in [5.74, 6) is 7.46. The van der Waals surface area contributed by atoms with Gasteiger partial charge in [0, 0.05) is 24.1 Å². The fourth-order valence-electron chi connectivity index (χ4n) is 2.32. The van der Waals surface area contributed by atoms with Crippen LogP contribution in [0.25, 0.3) is 0 Å². The van der Waals surface area contributed by atoms with Gasteiger partial charge in [-0.05, 0) is 24.1 Å². The molecule has 2 aromatic carbocycles. The van der Waals surface area contributed by atoms with Crippen LogP contribution in [0.3, 0.4) is 0 Å². The van der Waals surface area contributed by atoms with E-state index in [1.807, 2.05) is 6.07 Å². The Morgan fingerprint density at radius 3 is 2.45 bits per heavy atom. The number of halogens is 1. The molecule has 0 unspecified atom stereocenters. The van der Waals surface area contributed by atoms with Crippen LogP contribution < -0.4 is 5.32 Å². The second kappa shape index (κ2) is 8.26. The van der Waals surface area contributed by atoms with Gasteiger partial charge in [-0.1, -0.05) is 54.3 Å². The minimum absolute atomic E-state index is 0. The van der Waals surface area contributed by atoms with E-state index in [1.54, 1.807) is 0 Å². The molecule has 3 rings (SSSR count). The average molecular weight is 311 g/mol. The minimum Gasteiger partial charge on any atom is -0.368 e. The summed E-state index contributed by atoms with van der Waals surface area (Å²) < 4.78 is 0. The Bertz CT molecular complexity index is 679. The predicted octanol–water partition coefficient (Wildman–Crippen LogP) is 3.44. The van der Waals surface area contributed by atoms with Gasteiger partial charge in [0.25, 0.3) is 0 Å². The van der Waals surface area contributed by atoms with Crippen LogP contribution in [0.2, 0.25) is 0 Å². The van der Waals surface area contributed by atoms with Crippen molar-refractivity contribution in [2.24, 2.45) is 4.99 Å². The molecule has 1 heterocycles. The lowest BCUT2D eigenvalue weighted by molar-refractivity contribution is 0.960. The SMILES string of the molecule is C(#Cc1ccc(C2=NCCN2)cc1)CCc1ccccc1.Cl. The van der Waals surface area contributed by atoms with Gasteiger partial charge < -0.3 is 5.32 Å². The maximum Gasteiger partial charge on any atom is 0.128 e. The first-order valence-corrected chi connectivity index (χ1v) is 7.33. The van der Waals surface area contributed by atoms with Crippen LogP contribution >= 0.6 is 12.4 Å². The molecule has 0 fully saturated rings. The quantitative estimate of drug-likeness (QED) is 0.863. The van der Waals surface area contributed by atoms with E-state index >= 15 is 0 Å².